The van der Waals surface area contributed by atoms with Crippen LogP contribution in [-0.2, 0) is 0 Å². The first-order valence-corrected chi connectivity index (χ1v) is 5.51. The highest BCUT2D eigenvalue weighted by atomic mass is 19.2. The van der Waals surface area contributed by atoms with E-state index in [1.807, 2.05) is 0 Å². The van der Waals surface area contributed by atoms with Crippen molar-refractivity contribution in [2.75, 3.05) is 0 Å². The van der Waals surface area contributed by atoms with Crippen molar-refractivity contribution in [1.29, 1.82) is 0 Å². The van der Waals surface area contributed by atoms with Crippen molar-refractivity contribution in [3.63, 3.8) is 0 Å². The lowest BCUT2D eigenvalue weighted by atomic mass is 9.92. The molecule has 0 unspecified atom stereocenters. The van der Waals surface area contributed by atoms with E-state index in [4.69, 9.17) is 0 Å². The third kappa shape index (κ3) is 2.14. The Balaban J connectivity index is 2.50. The van der Waals surface area contributed by atoms with Gasteiger partial charge in [-0.05, 0) is 55.0 Å². The molecular formula is C14H13F3. The highest BCUT2D eigenvalue weighted by Gasteiger charge is 2.21. The molecule has 0 saturated carbocycles. The van der Waals surface area contributed by atoms with Gasteiger partial charge in [0.05, 0.1) is 0 Å². The molecular weight excluding hydrogens is 225 g/mol. The number of aryl methyl sites for hydroxylation is 1. The van der Waals surface area contributed by atoms with Crippen molar-refractivity contribution >= 4 is 5.57 Å². The molecule has 2 rings (SSSR count). The van der Waals surface area contributed by atoms with E-state index >= 15 is 0 Å². The summed E-state index contributed by atoms with van der Waals surface area (Å²) in [6, 6.07) is 4.47. The Hall–Kier alpha value is -1.51. The van der Waals surface area contributed by atoms with Gasteiger partial charge in [-0.25, -0.2) is 13.2 Å². The molecule has 1 aromatic carbocycles. The first kappa shape index (κ1) is 12.0. The fourth-order valence-corrected chi connectivity index (χ4v) is 1.90. The Kier molecular flexibility index (Phi) is 3.09. The standard InChI is InChI=1S/C14H13F3/c1-8-3-5-10(7-12(8)15)11-6-4-9(2)13(16)14(11)17/h3,5,7H,4,6H2,1-2H3. The van der Waals surface area contributed by atoms with Gasteiger partial charge in [0.1, 0.15) is 5.82 Å². The van der Waals surface area contributed by atoms with E-state index in [-0.39, 0.29) is 5.57 Å². The van der Waals surface area contributed by atoms with Crippen LogP contribution in [0.3, 0.4) is 0 Å². The van der Waals surface area contributed by atoms with Gasteiger partial charge in [-0.3, -0.25) is 0 Å². The van der Waals surface area contributed by atoms with Crippen molar-refractivity contribution in [1.82, 2.24) is 0 Å². The van der Waals surface area contributed by atoms with Crippen LogP contribution in [0.25, 0.3) is 5.57 Å². The molecule has 90 valence electrons. The Labute approximate surface area is 98.5 Å². The summed E-state index contributed by atoms with van der Waals surface area (Å²) in [5.41, 5.74) is 1.59. The molecule has 0 atom stereocenters. The molecule has 0 spiro atoms. The third-order valence-electron chi connectivity index (χ3n) is 3.10. The molecule has 0 aliphatic heterocycles. The highest BCUT2D eigenvalue weighted by molar-refractivity contribution is 5.72. The van der Waals surface area contributed by atoms with Gasteiger partial charge in [0, 0.05) is 0 Å². The molecule has 0 radical (unpaired) electrons. The lowest BCUT2D eigenvalue weighted by Crippen LogP contribution is -1.99. The molecule has 1 aromatic rings. The molecule has 1 aliphatic carbocycles. The van der Waals surface area contributed by atoms with E-state index in [1.165, 1.54) is 6.07 Å². The Bertz CT molecular complexity index is 524. The van der Waals surface area contributed by atoms with E-state index in [2.05, 4.69) is 0 Å². The Morgan fingerprint density at radius 2 is 1.65 bits per heavy atom. The number of allylic oxidation sites excluding steroid dienone is 4. The Morgan fingerprint density at radius 3 is 2.29 bits per heavy atom. The summed E-state index contributed by atoms with van der Waals surface area (Å²) in [6.07, 6.45) is 0.887. The SMILES string of the molecule is CC1=C(F)C(F)=C(c2ccc(C)c(F)c2)CC1. The second-order valence-corrected chi connectivity index (χ2v) is 4.35. The van der Waals surface area contributed by atoms with Crippen LogP contribution in [0, 0.1) is 12.7 Å². The van der Waals surface area contributed by atoms with Gasteiger partial charge < -0.3 is 0 Å². The zero-order valence-corrected chi connectivity index (χ0v) is 9.78. The van der Waals surface area contributed by atoms with Crippen LogP contribution >= 0.6 is 0 Å². The number of halogens is 3. The number of hydrogen-bond acceptors (Lipinski definition) is 0. The monoisotopic (exact) mass is 238 g/mol. The van der Waals surface area contributed by atoms with Crippen molar-refractivity contribution in [3.8, 4) is 0 Å². The molecule has 0 fully saturated rings. The average Bonchev–Trinajstić information content (AvgIpc) is 2.30. The molecule has 0 nitrogen and oxygen atoms in total. The summed E-state index contributed by atoms with van der Waals surface area (Å²) in [5, 5.41) is 0. The summed E-state index contributed by atoms with van der Waals surface area (Å²) in [4.78, 5) is 0. The minimum atomic E-state index is -0.850. The molecule has 17 heavy (non-hydrogen) atoms. The fraction of sp³-hybridized carbons (Fsp3) is 0.286. The molecule has 0 saturated heterocycles. The predicted molar refractivity (Wildman–Crippen MR) is 62.2 cm³/mol. The van der Waals surface area contributed by atoms with Gasteiger partial charge in [0.2, 0.25) is 0 Å². The van der Waals surface area contributed by atoms with Crippen molar-refractivity contribution in [2.24, 2.45) is 0 Å². The van der Waals surface area contributed by atoms with Crippen LogP contribution in [0.5, 0.6) is 0 Å². The van der Waals surface area contributed by atoms with Crippen molar-refractivity contribution in [3.05, 3.63) is 52.4 Å². The first-order valence-electron chi connectivity index (χ1n) is 5.51. The zero-order chi connectivity index (χ0) is 12.6. The highest BCUT2D eigenvalue weighted by Crippen LogP contribution is 2.37. The van der Waals surface area contributed by atoms with E-state index in [9.17, 15) is 13.2 Å². The van der Waals surface area contributed by atoms with Crippen LogP contribution in [0.15, 0.2) is 35.4 Å². The minimum absolute atomic E-state index is 0.256. The number of hydrogen-bond donors (Lipinski definition) is 0. The quantitative estimate of drug-likeness (QED) is 0.656. The van der Waals surface area contributed by atoms with E-state index in [0.717, 1.165) is 0 Å². The maximum absolute atomic E-state index is 13.7. The van der Waals surface area contributed by atoms with E-state index in [1.54, 1.807) is 26.0 Å². The average molecular weight is 238 g/mol. The van der Waals surface area contributed by atoms with Crippen LogP contribution < -0.4 is 0 Å². The molecule has 0 bridgehead atoms. The van der Waals surface area contributed by atoms with Crippen molar-refractivity contribution in [2.45, 2.75) is 26.7 Å². The molecule has 0 heterocycles. The van der Waals surface area contributed by atoms with Gasteiger partial charge in [-0.2, -0.15) is 0 Å². The fourth-order valence-electron chi connectivity index (χ4n) is 1.90. The summed E-state index contributed by atoms with van der Waals surface area (Å²) in [5.74, 6) is -2.04. The third-order valence-corrected chi connectivity index (χ3v) is 3.10. The maximum atomic E-state index is 13.7. The maximum Gasteiger partial charge on any atom is 0.162 e. The topological polar surface area (TPSA) is 0 Å². The van der Waals surface area contributed by atoms with E-state index < -0.39 is 17.5 Å². The van der Waals surface area contributed by atoms with Crippen LogP contribution in [-0.4, -0.2) is 0 Å². The second-order valence-electron chi connectivity index (χ2n) is 4.35. The summed E-state index contributed by atoms with van der Waals surface area (Å²) >= 11 is 0. The van der Waals surface area contributed by atoms with Gasteiger partial charge in [0.25, 0.3) is 0 Å². The number of benzene rings is 1. The summed E-state index contributed by atoms with van der Waals surface area (Å²) < 4.78 is 40.6. The first-order chi connectivity index (χ1) is 8.00. The molecule has 1 aliphatic rings. The molecule has 0 amide bonds. The lowest BCUT2D eigenvalue weighted by Gasteiger charge is -2.16. The van der Waals surface area contributed by atoms with Gasteiger partial charge >= 0.3 is 0 Å². The number of rotatable bonds is 1. The molecule has 0 aromatic heterocycles. The molecule has 3 heteroatoms. The largest absolute Gasteiger partial charge is 0.207 e. The van der Waals surface area contributed by atoms with Gasteiger partial charge in [0.15, 0.2) is 11.7 Å². The minimum Gasteiger partial charge on any atom is -0.207 e. The second kappa shape index (κ2) is 4.40. The van der Waals surface area contributed by atoms with Gasteiger partial charge in [-0.1, -0.05) is 12.1 Å². The summed E-state index contributed by atoms with van der Waals surface area (Å²) in [6.45, 7) is 3.21. The van der Waals surface area contributed by atoms with Crippen LogP contribution in [0.4, 0.5) is 13.2 Å². The summed E-state index contributed by atoms with van der Waals surface area (Å²) in [7, 11) is 0. The van der Waals surface area contributed by atoms with Crippen LogP contribution in [0.2, 0.25) is 0 Å². The van der Waals surface area contributed by atoms with Gasteiger partial charge in [-0.15, -0.1) is 0 Å². The van der Waals surface area contributed by atoms with Crippen molar-refractivity contribution < 1.29 is 13.2 Å². The normalized spacial score (nSPS) is 16.8. The van der Waals surface area contributed by atoms with Crippen LogP contribution in [0.1, 0.15) is 30.9 Å². The zero-order valence-electron chi connectivity index (χ0n) is 9.78. The smallest absolute Gasteiger partial charge is 0.162 e. The predicted octanol–water partition coefficient (Wildman–Crippen LogP) is 4.85. The van der Waals surface area contributed by atoms with E-state index in [0.29, 0.717) is 29.5 Å². The Morgan fingerprint density at radius 1 is 0.941 bits per heavy atom. The lowest BCUT2D eigenvalue weighted by molar-refractivity contribution is 0.525. The molecule has 0 N–H and O–H groups in total.